The Morgan fingerprint density at radius 2 is 1.77 bits per heavy atom. The molecule has 1 fully saturated rings. The van der Waals surface area contributed by atoms with E-state index in [1.807, 2.05) is 6.21 Å². The zero-order chi connectivity index (χ0) is 18.0. The largest absolute Gasteiger partial charge is 0.445 e. The fourth-order valence-electron chi connectivity index (χ4n) is 3.97. The SMILES string of the molecule is CCCCCCCCCCc1cc2c(o1)NC(OC1CCCCC1)N=C2. The maximum absolute atomic E-state index is 6.08. The molecule has 0 amide bonds. The second kappa shape index (κ2) is 10.8. The van der Waals surface area contributed by atoms with Gasteiger partial charge in [-0.25, -0.2) is 4.99 Å². The molecule has 1 N–H and O–H groups in total. The number of aliphatic imine (C=N–C) groups is 1. The summed E-state index contributed by atoms with van der Waals surface area (Å²) in [4.78, 5) is 4.51. The molecule has 1 unspecified atom stereocenters. The summed E-state index contributed by atoms with van der Waals surface area (Å²) in [6.45, 7) is 2.27. The third-order valence-electron chi connectivity index (χ3n) is 5.57. The number of furan rings is 1. The van der Waals surface area contributed by atoms with Crippen LogP contribution < -0.4 is 5.32 Å². The highest BCUT2D eigenvalue weighted by Gasteiger charge is 2.23. The molecule has 0 radical (unpaired) electrons. The molecule has 4 heteroatoms. The number of nitrogens with one attached hydrogen (secondary N) is 1. The molecular weight excluding hydrogens is 324 g/mol. The van der Waals surface area contributed by atoms with Gasteiger partial charge in [-0.15, -0.1) is 0 Å². The summed E-state index contributed by atoms with van der Waals surface area (Å²) >= 11 is 0. The quantitative estimate of drug-likeness (QED) is 0.462. The molecule has 1 aromatic heterocycles. The number of rotatable bonds is 11. The Bertz CT molecular complexity index is 546. The molecule has 1 aliphatic carbocycles. The van der Waals surface area contributed by atoms with E-state index in [0.717, 1.165) is 36.5 Å². The average Bonchev–Trinajstić information content (AvgIpc) is 3.07. The van der Waals surface area contributed by atoms with Gasteiger partial charge in [0.1, 0.15) is 5.76 Å². The monoisotopic (exact) mass is 360 g/mol. The third-order valence-corrected chi connectivity index (χ3v) is 5.57. The van der Waals surface area contributed by atoms with Crippen LogP contribution in [-0.2, 0) is 11.2 Å². The van der Waals surface area contributed by atoms with Crippen molar-refractivity contribution in [2.75, 3.05) is 5.32 Å². The highest BCUT2D eigenvalue weighted by molar-refractivity contribution is 5.87. The Balaban J connectivity index is 1.34. The Morgan fingerprint density at radius 1 is 1.04 bits per heavy atom. The van der Waals surface area contributed by atoms with Gasteiger partial charge in [-0.05, 0) is 25.3 Å². The topological polar surface area (TPSA) is 46.8 Å². The zero-order valence-corrected chi connectivity index (χ0v) is 16.5. The molecular formula is C22H36N2O2. The van der Waals surface area contributed by atoms with Gasteiger partial charge < -0.3 is 14.5 Å². The normalized spacial score (nSPS) is 20.1. The second-order valence-electron chi connectivity index (χ2n) is 7.89. The van der Waals surface area contributed by atoms with E-state index in [0.29, 0.717) is 6.10 Å². The van der Waals surface area contributed by atoms with Crippen molar-refractivity contribution >= 4 is 12.1 Å². The lowest BCUT2D eigenvalue weighted by Gasteiger charge is -2.27. The van der Waals surface area contributed by atoms with Gasteiger partial charge in [-0.1, -0.05) is 71.1 Å². The van der Waals surface area contributed by atoms with Gasteiger partial charge in [-0.3, -0.25) is 0 Å². The van der Waals surface area contributed by atoms with E-state index < -0.39 is 0 Å². The molecule has 2 heterocycles. The summed E-state index contributed by atoms with van der Waals surface area (Å²) in [5.74, 6) is 1.90. The molecule has 1 saturated carbocycles. The van der Waals surface area contributed by atoms with Crippen LogP contribution in [0.1, 0.15) is 102 Å². The first kappa shape index (κ1) is 19.5. The maximum Gasteiger partial charge on any atom is 0.228 e. The van der Waals surface area contributed by atoms with Gasteiger partial charge in [0.15, 0.2) is 0 Å². The first-order valence-electron chi connectivity index (χ1n) is 10.9. The number of hydrogen-bond acceptors (Lipinski definition) is 4. The zero-order valence-electron chi connectivity index (χ0n) is 16.5. The lowest BCUT2D eigenvalue weighted by molar-refractivity contribution is -0.0129. The van der Waals surface area contributed by atoms with Crippen LogP contribution in [-0.4, -0.2) is 18.7 Å². The Kier molecular flexibility index (Phi) is 8.06. The second-order valence-corrected chi connectivity index (χ2v) is 7.89. The Labute approximate surface area is 158 Å². The van der Waals surface area contributed by atoms with Crippen molar-refractivity contribution in [3.63, 3.8) is 0 Å². The summed E-state index contributed by atoms with van der Waals surface area (Å²) in [7, 11) is 0. The number of unbranched alkanes of at least 4 members (excludes halogenated alkanes) is 7. The molecule has 146 valence electrons. The summed E-state index contributed by atoms with van der Waals surface area (Å²) in [5, 5.41) is 3.31. The van der Waals surface area contributed by atoms with E-state index in [-0.39, 0.29) is 6.35 Å². The smallest absolute Gasteiger partial charge is 0.228 e. The van der Waals surface area contributed by atoms with Crippen LogP contribution in [0.25, 0.3) is 0 Å². The standard InChI is InChI=1S/C22H36N2O2/c1-2-3-4-5-6-7-8-10-15-20-16-18-17-23-22(24-21(18)25-20)26-19-13-11-9-12-14-19/h16-17,19,22,24H,2-15H2,1H3. The van der Waals surface area contributed by atoms with Crippen LogP contribution in [0.5, 0.6) is 0 Å². The van der Waals surface area contributed by atoms with Crippen LogP contribution >= 0.6 is 0 Å². The Hall–Kier alpha value is -1.29. The van der Waals surface area contributed by atoms with Gasteiger partial charge in [-0.2, -0.15) is 0 Å². The van der Waals surface area contributed by atoms with Crippen LogP contribution in [0.2, 0.25) is 0 Å². The molecule has 3 rings (SSSR count). The molecule has 1 aromatic rings. The van der Waals surface area contributed by atoms with Crippen molar-refractivity contribution in [1.82, 2.24) is 0 Å². The molecule has 0 saturated heterocycles. The molecule has 0 aromatic carbocycles. The number of nitrogens with zero attached hydrogens (tertiary/aromatic N) is 1. The minimum Gasteiger partial charge on any atom is -0.445 e. The first-order valence-corrected chi connectivity index (χ1v) is 10.9. The number of ether oxygens (including phenoxy) is 1. The van der Waals surface area contributed by atoms with Crippen molar-refractivity contribution in [3.8, 4) is 0 Å². The molecule has 2 aliphatic rings. The van der Waals surface area contributed by atoms with Gasteiger partial charge in [0.25, 0.3) is 0 Å². The molecule has 26 heavy (non-hydrogen) atoms. The van der Waals surface area contributed by atoms with Crippen LogP contribution in [0.3, 0.4) is 0 Å². The average molecular weight is 361 g/mol. The van der Waals surface area contributed by atoms with Gasteiger partial charge in [0, 0.05) is 12.6 Å². The number of fused-ring (bicyclic) bond motifs is 1. The number of anilines is 1. The fourth-order valence-corrected chi connectivity index (χ4v) is 3.97. The van der Waals surface area contributed by atoms with Crippen molar-refractivity contribution in [2.45, 2.75) is 109 Å². The number of aryl methyl sites for hydroxylation is 1. The van der Waals surface area contributed by atoms with E-state index in [2.05, 4.69) is 23.3 Å². The molecule has 4 nitrogen and oxygen atoms in total. The predicted octanol–water partition coefficient (Wildman–Crippen LogP) is 6.44. The maximum atomic E-state index is 6.08. The highest BCUT2D eigenvalue weighted by Crippen LogP contribution is 2.28. The minimum absolute atomic E-state index is 0.285. The van der Waals surface area contributed by atoms with E-state index in [4.69, 9.17) is 9.15 Å². The van der Waals surface area contributed by atoms with Gasteiger partial charge >= 0.3 is 0 Å². The predicted molar refractivity (Wildman–Crippen MR) is 108 cm³/mol. The fraction of sp³-hybridized carbons (Fsp3) is 0.773. The lowest BCUT2D eigenvalue weighted by Crippen LogP contribution is -2.30. The number of hydrogen-bond donors (Lipinski definition) is 1. The molecule has 1 aliphatic heterocycles. The summed E-state index contributed by atoms with van der Waals surface area (Å²) in [6.07, 6.45) is 19.9. The van der Waals surface area contributed by atoms with E-state index >= 15 is 0 Å². The van der Waals surface area contributed by atoms with Crippen LogP contribution in [0.15, 0.2) is 15.5 Å². The van der Waals surface area contributed by atoms with Crippen LogP contribution in [0.4, 0.5) is 5.88 Å². The van der Waals surface area contributed by atoms with Gasteiger partial charge in [0.05, 0.1) is 11.7 Å². The van der Waals surface area contributed by atoms with E-state index in [1.54, 1.807) is 0 Å². The molecule has 0 bridgehead atoms. The van der Waals surface area contributed by atoms with Crippen LogP contribution in [0, 0.1) is 0 Å². The highest BCUT2D eigenvalue weighted by atomic mass is 16.5. The third kappa shape index (κ3) is 6.15. The minimum atomic E-state index is -0.285. The van der Waals surface area contributed by atoms with Gasteiger partial charge in [0.2, 0.25) is 12.2 Å². The van der Waals surface area contributed by atoms with Crippen molar-refractivity contribution in [2.24, 2.45) is 4.99 Å². The molecule has 0 spiro atoms. The molecule has 1 atom stereocenters. The van der Waals surface area contributed by atoms with E-state index in [9.17, 15) is 0 Å². The first-order chi connectivity index (χ1) is 12.8. The summed E-state index contributed by atoms with van der Waals surface area (Å²) in [6, 6.07) is 2.13. The van der Waals surface area contributed by atoms with Crippen molar-refractivity contribution < 1.29 is 9.15 Å². The van der Waals surface area contributed by atoms with E-state index in [1.165, 1.54) is 70.6 Å². The summed E-state index contributed by atoms with van der Waals surface area (Å²) in [5.41, 5.74) is 1.06. The summed E-state index contributed by atoms with van der Waals surface area (Å²) < 4.78 is 12.1. The van der Waals surface area contributed by atoms with Crippen molar-refractivity contribution in [3.05, 3.63) is 17.4 Å². The lowest BCUT2D eigenvalue weighted by atomic mass is 9.98. The Morgan fingerprint density at radius 3 is 2.54 bits per heavy atom. The van der Waals surface area contributed by atoms with Crippen molar-refractivity contribution in [1.29, 1.82) is 0 Å².